The Morgan fingerprint density at radius 1 is 1.40 bits per heavy atom. The Bertz CT molecular complexity index is 443. The fraction of sp³-hybridized carbons (Fsp3) is 0.500. The lowest BCUT2D eigenvalue weighted by Crippen LogP contribution is -2.26. The molecule has 0 heterocycles. The van der Waals surface area contributed by atoms with Gasteiger partial charge in [-0.3, -0.25) is 14.9 Å². The van der Waals surface area contributed by atoms with Gasteiger partial charge >= 0.3 is 0 Å². The van der Waals surface area contributed by atoms with Crippen LogP contribution in [0.1, 0.15) is 31.7 Å². The Morgan fingerprint density at radius 3 is 2.60 bits per heavy atom. The minimum atomic E-state index is -0.427. The van der Waals surface area contributed by atoms with Gasteiger partial charge in [0, 0.05) is 31.1 Å². The van der Waals surface area contributed by atoms with Gasteiger partial charge < -0.3 is 11.1 Å². The monoisotopic (exact) mass is 279 g/mol. The highest BCUT2D eigenvalue weighted by Crippen LogP contribution is 2.11. The number of non-ortho nitro benzene ring substituents is 1. The van der Waals surface area contributed by atoms with Gasteiger partial charge in [-0.2, -0.15) is 0 Å². The van der Waals surface area contributed by atoms with Gasteiger partial charge in [-0.1, -0.05) is 12.1 Å². The van der Waals surface area contributed by atoms with Gasteiger partial charge in [0.25, 0.3) is 5.69 Å². The molecule has 1 amide bonds. The smallest absolute Gasteiger partial charge is 0.269 e. The summed E-state index contributed by atoms with van der Waals surface area (Å²) in [7, 11) is 0. The van der Waals surface area contributed by atoms with E-state index in [1.54, 1.807) is 12.1 Å². The molecule has 0 aliphatic carbocycles. The number of hydrogen-bond donors (Lipinski definition) is 2. The van der Waals surface area contributed by atoms with Crippen molar-refractivity contribution in [3.05, 3.63) is 39.9 Å². The molecule has 0 fully saturated rings. The van der Waals surface area contributed by atoms with E-state index >= 15 is 0 Å². The van der Waals surface area contributed by atoms with Gasteiger partial charge in [0.05, 0.1) is 4.92 Å². The summed E-state index contributed by atoms with van der Waals surface area (Å²) in [4.78, 5) is 21.6. The number of nitrogens with two attached hydrogens (primary N) is 1. The normalized spacial score (nSPS) is 11.9. The van der Waals surface area contributed by atoms with E-state index in [1.165, 1.54) is 12.1 Å². The maximum atomic E-state index is 11.5. The molecule has 0 bridgehead atoms. The molecular weight excluding hydrogens is 258 g/mol. The van der Waals surface area contributed by atoms with Crippen molar-refractivity contribution < 1.29 is 9.72 Å². The number of rotatable bonds is 8. The summed E-state index contributed by atoms with van der Waals surface area (Å²) in [5, 5.41) is 13.3. The summed E-state index contributed by atoms with van der Waals surface area (Å²) >= 11 is 0. The highest BCUT2D eigenvalue weighted by molar-refractivity contribution is 5.75. The summed E-state index contributed by atoms with van der Waals surface area (Å²) in [6.45, 7) is 2.46. The molecule has 0 aromatic heterocycles. The lowest BCUT2D eigenvalue weighted by Gasteiger charge is -2.06. The number of carbonyl (C=O) groups is 1. The molecule has 0 radical (unpaired) electrons. The van der Waals surface area contributed by atoms with Crippen LogP contribution in [0.15, 0.2) is 24.3 Å². The van der Waals surface area contributed by atoms with Gasteiger partial charge in [0.15, 0.2) is 0 Å². The molecule has 110 valence electrons. The van der Waals surface area contributed by atoms with Gasteiger partial charge in [0.1, 0.15) is 0 Å². The van der Waals surface area contributed by atoms with Crippen LogP contribution in [-0.4, -0.2) is 23.4 Å². The molecule has 0 saturated carbocycles. The first-order valence-corrected chi connectivity index (χ1v) is 6.74. The average Bonchev–Trinajstić information content (AvgIpc) is 2.39. The summed E-state index contributed by atoms with van der Waals surface area (Å²) in [6, 6.07) is 6.49. The molecule has 6 heteroatoms. The van der Waals surface area contributed by atoms with E-state index in [-0.39, 0.29) is 17.6 Å². The maximum Gasteiger partial charge on any atom is 0.269 e. The fourth-order valence-corrected chi connectivity index (χ4v) is 1.80. The SMILES string of the molecule is CC(N)CCCC(=O)NCCc1ccc([N+](=O)[O-])cc1. The van der Waals surface area contributed by atoms with E-state index in [2.05, 4.69) is 5.32 Å². The van der Waals surface area contributed by atoms with Crippen LogP contribution >= 0.6 is 0 Å². The van der Waals surface area contributed by atoms with Crippen LogP contribution in [0.5, 0.6) is 0 Å². The molecule has 0 aliphatic rings. The third-order valence-electron chi connectivity index (χ3n) is 2.95. The van der Waals surface area contributed by atoms with Crippen molar-refractivity contribution in [2.45, 2.75) is 38.6 Å². The van der Waals surface area contributed by atoms with Crippen molar-refractivity contribution in [2.24, 2.45) is 5.73 Å². The summed E-state index contributed by atoms with van der Waals surface area (Å²) in [5.41, 5.74) is 6.65. The first kappa shape index (κ1) is 16.1. The minimum Gasteiger partial charge on any atom is -0.356 e. The molecule has 1 unspecified atom stereocenters. The third kappa shape index (κ3) is 6.29. The molecule has 1 rings (SSSR count). The Hall–Kier alpha value is -1.95. The van der Waals surface area contributed by atoms with E-state index in [0.717, 1.165) is 18.4 Å². The average molecular weight is 279 g/mol. The van der Waals surface area contributed by atoms with Crippen LogP contribution in [0.3, 0.4) is 0 Å². The Labute approximate surface area is 118 Å². The zero-order valence-electron chi connectivity index (χ0n) is 11.7. The molecule has 0 saturated heterocycles. The lowest BCUT2D eigenvalue weighted by atomic mass is 10.1. The van der Waals surface area contributed by atoms with Crippen molar-refractivity contribution in [2.75, 3.05) is 6.54 Å². The Morgan fingerprint density at radius 2 is 2.05 bits per heavy atom. The molecule has 1 aromatic carbocycles. The van der Waals surface area contributed by atoms with Crippen molar-refractivity contribution >= 4 is 11.6 Å². The van der Waals surface area contributed by atoms with Crippen molar-refractivity contribution in [1.82, 2.24) is 5.32 Å². The van der Waals surface area contributed by atoms with Crippen LogP contribution in [0, 0.1) is 10.1 Å². The maximum absolute atomic E-state index is 11.5. The molecule has 6 nitrogen and oxygen atoms in total. The second kappa shape index (κ2) is 8.27. The number of carbonyl (C=O) groups excluding carboxylic acids is 1. The van der Waals surface area contributed by atoms with E-state index in [4.69, 9.17) is 5.73 Å². The molecule has 1 atom stereocenters. The standard InChI is InChI=1S/C14H21N3O3/c1-11(15)3-2-4-14(18)16-10-9-12-5-7-13(8-6-12)17(19)20/h5-8,11H,2-4,9-10,15H2,1H3,(H,16,18). The topological polar surface area (TPSA) is 98.3 Å². The van der Waals surface area contributed by atoms with Gasteiger partial charge in [0.2, 0.25) is 5.91 Å². The quantitative estimate of drug-likeness (QED) is 0.559. The summed E-state index contributed by atoms with van der Waals surface area (Å²) in [5.74, 6) is 0.0209. The number of benzene rings is 1. The van der Waals surface area contributed by atoms with Crippen LogP contribution in [0.25, 0.3) is 0 Å². The first-order chi connectivity index (χ1) is 9.49. The van der Waals surface area contributed by atoms with Crippen LogP contribution in [0.4, 0.5) is 5.69 Å². The number of hydrogen-bond acceptors (Lipinski definition) is 4. The molecule has 0 aliphatic heterocycles. The molecular formula is C14H21N3O3. The predicted octanol–water partition coefficient (Wildman–Crippen LogP) is 1.77. The Balaban J connectivity index is 2.23. The molecule has 0 spiro atoms. The van der Waals surface area contributed by atoms with E-state index < -0.39 is 4.92 Å². The molecule has 20 heavy (non-hydrogen) atoms. The van der Waals surface area contributed by atoms with E-state index in [9.17, 15) is 14.9 Å². The van der Waals surface area contributed by atoms with Crippen molar-refractivity contribution in [3.8, 4) is 0 Å². The number of nitrogens with one attached hydrogen (secondary N) is 1. The molecule has 1 aromatic rings. The zero-order chi connectivity index (χ0) is 15.0. The van der Waals surface area contributed by atoms with E-state index in [0.29, 0.717) is 19.4 Å². The van der Waals surface area contributed by atoms with Gasteiger partial charge in [-0.15, -0.1) is 0 Å². The minimum absolute atomic E-state index is 0.0209. The first-order valence-electron chi connectivity index (χ1n) is 6.74. The fourth-order valence-electron chi connectivity index (χ4n) is 1.80. The third-order valence-corrected chi connectivity index (χ3v) is 2.95. The number of nitrogens with zero attached hydrogens (tertiary/aromatic N) is 1. The summed E-state index contributed by atoms with van der Waals surface area (Å²) in [6.07, 6.45) is 2.79. The number of amides is 1. The highest BCUT2D eigenvalue weighted by atomic mass is 16.6. The van der Waals surface area contributed by atoms with Crippen molar-refractivity contribution in [1.29, 1.82) is 0 Å². The van der Waals surface area contributed by atoms with Crippen LogP contribution in [0.2, 0.25) is 0 Å². The lowest BCUT2D eigenvalue weighted by molar-refractivity contribution is -0.384. The largest absolute Gasteiger partial charge is 0.356 e. The van der Waals surface area contributed by atoms with Gasteiger partial charge in [-0.05, 0) is 31.7 Å². The Kier molecular flexibility index (Phi) is 6.66. The van der Waals surface area contributed by atoms with Crippen LogP contribution in [-0.2, 0) is 11.2 Å². The highest BCUT2D eigenvalue weighted by Gasteiger charge is 2.05. The van der Waals surface area contributed by atoms with Crippen LogP contribution < -0.4 is 11.1 Å². The summed E-state index contributed by atoms with van der Waals surface area (Å²) < 4.78 is 0. The zero-order valence-corrected chi connectivity index (χ0v) is 11.7. The number of nitro benzene ring substituents is 1. The second-order valence-electron chi connectivity index (χ2n) is 4.89. The second-order valence-corrected chi connectivity index (χ2v) is 4.89. The number of nitro groups is 1. The van der Waals surface area contributed by atoms with Gasteiger partial charge in [-0.25, -0.2) is 0 Å². The molecule has 3 N–H and O–H groups in total. The predicted molar refractivity (Wildman–Crippen MR) is 77.3 cm³/mol. The van der Waals surface area contributed by atoms with E-state index in [1.807, 2.05) is 6.92 Å². The van der Waals surface area contributed by atoms with Crippen molar-refractivity contribution in [3.63, 3.8) is 0 Å².